The van der Waals surface area contributed by atoms with E-state index in [4.69, 9.17) is 4.74 Å². The van der Waals surface area contributed by atoms with Gasteiger partial charge < -0.3 is 4.74 Å². The number of aromatic nitrogens is 2. The highest BCUT2D eigenvalue weighted by atomic mass is 16.5. The van der Waals surface area contributed by atoms with E-state index in [0.29, 0.717) is 0 Å². The second-order valence-corrected chi connectivity index (χ2v) is 3.65. The first-order chi connectivity index (χ1) is 7.79. The van der Waals surface area contributed by atoms with Gasteiger partial charge in [0.15, 0.2) is 0 Å². The van der Waals surface area contributed by atoms with E-state index in [1.54, 1.807) is 7.11 Å². The molecular formula is C13H14N2O. The smallest absolute Gasteiger partial charge is 0.122 e. The predicted molar refractivity (Wildman–Crippen MR) is 62.6 cm³/mol. The van der Waals surface area contributed by atoms with E-state index in [2.05, 4.69) is 10.2 Å². The van der Waals surface area contributed by atoms with Crippen molar-refractivity contribution in [3.05, 3.63) is 53.3 Å². The Morgan fingerprint density at radius 1 is 1.06 bits per heavy atom. The van der Waals surface area contributed by atoms with Crippen LogP contribution in [0.2, 0.25) is 0 Å². The lowest BCUT2D eigenvalue weighted by atomic mass is 10.1. The van der Waals surface area contributed by atoms with Gasteiger partial charge in [0, 0.05) is 12.0 Å². The van der Waals surface area contributed by atoms with E-state index in [-0.39, 0.29) is 0 Å². The monoisotopic (exact) mass is 214 g/mol. The molecule has 1 aromatic carbocycles. The molecule has 0 N–H and O–H groups in total. The molecule has 2 rings (SSSR count). The molecule has 16 heavy (non-hydrogen) atoms. The molecular weight excluding hydrogens is 200 g/mol. The van der Waals surface area contributed by atoms with E-state index in [1.807, 2.05) is 43.3 Å². The van der Waals surface area contributed by atoms with Crippen LogP contribution in [0.25, 0.3) is 0 Å². The zero-order valence-electron chi connectivity index (χ0n) is 9.47. The minimum Gasteiger partial charge on any atom is -0.496 e. The van der Waals surface area contributed by atoms with Gasteiger partial charge in [-0.2, -0.15) is 10.2 Å². The lowest BCUT2D eigenvalue weighted by Crippen LogP contribution is -1.97. The fourth-order valence-corrected chi connectivity index (χ4v) is 1.56. The van der Waals surface area contributed by atoms with E-state index < -0.39 is 0 Å². The predicted octanol–water partition coefficient (Wildman–Crippen LogP) is 2.38. The van der Waals surface area contributed by atoms with Crippen LogP contribution in [0.15, 0.2) is 36.4 Å². The molecule has 0 atom stereocenters. The number of para-hydroxylation sites is 1. The van der Waals surface area contributed by atoms with Gasteiger partial charge in [0.2, 0.25) is 0 Å². The molecule has 1 heterocycles. The van der Waals surface area contributed by atoms with Gasteiger partial charge in [0.1, 0.15) is 5.75 Å². The van der Waals surface area contributed by atoms with Crippen molar-refractivity contribution in [3.63, 3.8) is 0 Å². The summed E-state index contributed by atoms with van der Waals surface area (Å²) in [6, 6.07) is 11.9. The fourth-order valence-electron chi connectivity index (χ4n) is 1.56. The SMILES string of the molecule is COc1ccccc1Cc1ccc(C)nn1. The zero-order valence-corrected chi connectivity index (χ0v) is 9.47. The molecule has 3 nitrogen and oxygen atoms in total. The average molecular weight is 214 g/mol. The van der Waals surface area contributed by atoms with Crippen LogP contribution in [-0.2, 0) is 6.42 Å². The van der Waals surface area contributed by atoms with Crippen LogP contribution in [0.4, 0.5) is 0 Å². The fraction of sp³-hybridized carbons (Fsp3) is 0.231. The molecule has 0 spiro atoms. The molecule has 82 valence electrons. The Labute approximate surface area is 95.1 Å². The number of aryl methyl sites for hydroxylation is 1. The topological polar surface area (TPSA) is 35.0 Å². The van der Waals surface area contributed by atoms with Crippen LogP contribution in [0, 0.1) is 6.92 Å². The molecule has 0 amide bonds. The van der Waals surface area contributed by atoms with Crippen LogP contribution in [0.1, 0.15) is 17.0 Å². The van der Waals surface area contributed by atoms with Gasteiger partial charge in [-0.25, -0.2) is 0 Å². The summed E-state index contributed by atoms with van der Waals surface area (Å²) in [5, 5.41) is 8.18. The number of hydrogen-bond acceptors (Lipinski definition) is 3. The van der Waals surface area contributed by atoms with E-state index in [9.17, 15) is 0 Å². The Bertz CT molecular complexity index is 466. The van der Waals surface area contributed by atoms with Crippen molar-refractivity contribution >= 4 is 0 Å². The third kappa shape index (κ3) is 2.37. The Morgan fingerprint density at radius 3 is 2.56 bits per heavy atom. The maximum atomic E-state index is 5.29. The lowest BCUT2D eigenvalue weighted by Gasteiger charge is -2.07. The van der Waals surface area contributed by atoms with Crippen molar-refractivity contribution in [2.45, 2.75) is 13.3 Å². The number of ether oxygens (including phenoxy) is 1. The van der Waals surface area contributed by atoms with Crippen LogP contribution in [0.3, 0.4) is 0 Å². The Balaban J connectivity index is 2.23. The van der Waals surface area contributed by atoms with Crippen LogP contribution in [-0.4, -0.2) is 17.3 Å². The van der Waals surface area contributed by atoms with Crippen molar-refractivity contribution in [2.75, 3.05) is 7.11 Å². The summed E-state index contributed by atoms with van der Waals surface area (Å²) in [6.07, 6.45) is 0.747. The van der Waals surface area contributed by atoms with Crippen molar-refractivity contribution in [3.8, 4) is 5.75 Å². The number of hydrogen-bond donors (Lipinski definition) is 0. The van der Waals surface area contributed by atoms with Gasteiger partial charge >= 0.3 is 0 Å². The number of benzene rings is 1. The summed E-state index contributed by atoms with van der Waals surface area (Å²) >= 11 is 0. The molecule has 0 saturated heterocycles. The van der Waals surface area contributed by atoms with Crippen LogP contribution >= 0.6 is 0 Å². The number of nitrogens with zero attached hydrogens (tertiary/aromatic N) is 2. The first kappa shape index (κ1) is 10.6. The normalized spacial score (nSPS) is 10.1. The maximum absolute atomic E-state index is 5.29. The highest BCUT2D eigenvalue weighted by Gasteiger charge is 2.03. The highest BCUT2D eigenvalue weighted by Crippen LogP contribution is 2.19. The summed E-state index contributed by atoms with van der Waals surface area (Å²) in [5.41, 5.74) is 3.02. The molecule has 3 heteroatoms. The Morgan fingerprint density at radius 2 is 1.88 bits per heavy atom. The molecule has 0 saturated carbocycles. The van der Waals surface area contributed by atoms with Crippen molar-refractivity contribution in [1.82, 2.24) is 10.2 Å². The molecule has 0 aliphatic heterocycles. The minimum absolute atomic E-state index is 0.747. The minimum atomic E-state index is 0.747. The molecule has 0 aliphatic carbocycles. The van der Waals surface area contributed by atoms with Gasteiger partial charge in [-0.1, -0.05) is 18.2 Å². The summed E-state index contributed by atoms with van der Waals surface area (Å²) < 4.78 is 5.29. The molecule has 0 aliphatic rings. The van der Waals surface area contributed by atoms with Gasteiger partial charge in [0.05, 0.1) is 18.5 Å². The first-order valence-electron chi connectivity index (χ1n) is 5.20. The van der Waals surface area contributed by atoms with Crippen molar-refractivity contribution < 1.29 is 4.74 Å². The zero-order chi connectivity index (χ0) is 11.4. The van der Waals surface area contributed by atoms with Crippen LogP contribution in [0.5, 0.6) is 5.75 Å². The second kappa shape index (κ2) is 4.75. The molecule has 1 aromatic heterocycles. The third-order valence-electron chi connectivity index (χ3n) is 2.42. The van der Waals surface area contributed by atoms with Gasteiger partial charge in [-0.3, -0.25) is 0 Å². The summed E-state index contributed by atoms with van der Waals surface area (Å²) in [7, 11) is 1.68. The summed E-state index contributed by atoms with van der Waals surface area (Å²) in [6.45, 7) is 1.93. The van der Waals surface area contributed by atoms with Gasteiger partial charge in [-0.05, 0) is 25.1 Å². The van der Waals surface area contributed by atoms with Crippen molar-refractivity contribution in [1.29, 1.82) is 0 Å². The lowest BCUT2D eigenvalue weighted by molar-refractivity contribution is 0.410. The van der Waals surface area contributed by atoms with E-state index in [0.717, 1.165) is 29.1 Å². The summed E-state index contributed by atoms with van der Waals surface area (Å²) in [5.74, 6) is 0.893. The Hall–Kier alpha value is -1.90. The van der Waals surface area contributed by atoms with E-state index in [1.165, 1.54) is 0 Å². The van der Waals surface area contributed by atoms with Crippen LogP contribution < -0.4 is 4.74 Å². The molecule has 0 radical (unpaired) electrons. The summed E-state index contributed by atoms with van der Waals surface area (Å²) in [4.78, 5) is 0. The first-order valence-corrected chi connectivity index (χ1v) is 5.20. The molecule has 0 fully saturated rings. The second-order valence-electron chi connectivity index (χ2n) is 3.65. The quantitative estimate of drug-likeness (QED) is 0.786. The van der Waals surface area contributed by atoms with Crippen molar-refractivity contribution in [2.24, 2.45) is 0 Å². The molecule has 0 bridgehead atoms. The number of methoxy groups -OCH3 is 1. The highest BCUT2D eigenvalue weighted by molar-refractivity contribution is 5.35. The maximum Gasteiger partial charge on any atom is 0.122 e. The standard InChI is InChI=1S/C13H14N2O/c1-10-7-8-12(15-14-10)9-11-5-3-4-6-13(11)16-2/h3-8H,9H2,1-2H3. The number of rotatable bonds is 3. The molecule has 2 aromatic rings. The average Bonchev–Trinajstić information content (AvgIpc) is 2.33. The largest absolute Gasteiger partial charge is 0.496 e. The molecule has 0 unspecified atom stereocenters. The van der Waals surface area contributed by atoms with E-state index >= 15 is 0 Å². The van der Waals surface area contributed by atoms with Gasteiger partial charge in [-0.15, -0.1) is 0 Å². The Kier molecular flexibility index (Phi) is 3.15. The third-order valence-corrected chi connectivity index (χ3v) is 2.42. The van der Waals surface area contributed by atoms with Gasteiger partial charge in [0.25, 0.3) is 0 Å².